The predicted octanol–water partition coefficient (Wildman–Crippen LogP) is 3.64. The molecule has 0 spiro atoms. The number of nitrogens with one attached hydrogen (secondary N) is 1. The molecule has 0 aromatic heterocycles. The Morgan fingerprint density at radius 3 is 2.31 bits per heavy atom. The second-order valence-electron chi connectivity index (χ2n) is 13.0. The Hall–Kier alpha value is -3.47. The molecule has 4 N–H and O–H groups in total. The topological polar surface area (TPSA) is 142 Å². The number of carboxylic acids is 1. The number of fused-ring (bicyclic) bond motifs is 1. The van der Waals surface area contributed by atoms with Gasteiger partial charge in [0.05, 0.1) is 36.6 Å². The van der Waals surface area contributed by atoms with Gasteiger partial charge in [-0.15, -0.1) is 0 Å². The maximum atomic E-state index is 14.0. The third kappa shape index (κ3) is 10.3. The third-order valence-electron chi connectivity index (χ3n) is 8.23. The molecule has 3 rings (SSSR count). The van der Waals surface area contributed by atoms with Gasteiger partial charge in [0.25, 0.3) is 0 Å². The highest BCUT2D eigenvalue weighted by Crippen LogP contribution is 2.40. The molecular weight excluding hydrogens is 596 g/mol. The Bertz CT molecular complexity index is 1340. The molecule has 0 saturated carbocycles. The molecule has 2 aromatic carbocycles. The van der Waals surface area contributed by atoms with Crippen LogP contribution in [0.3, 0.4) is 0 Å². The number of rotatable bonds is 14. The fourth-order valence-electron chi connectivity index (χ4n) is 5.74. The van der Waals surface area contributed by atoms with Crippen molar-refractivity contribution in [2.24, 2.45) is 11.7 Å². The van der Waals surface area contributed by atoms with Gasteiger partial charge in [-0.05, 0) is 81.7 Å². The van der Waals surface area contributed by atoms with Crippen LogP contribution in [0, 0.1) is 5.92 Å². The van der Waals surface area contributed by atoms with Crippen molar-refractivity contribution in [3.63, 3.8) is 0 Å². The van der Waals surface area contributed by atoms with Gasteiger partial charge in [0, 0.05) is 25.7 Å². The van der Waals surface area contributed by atoms with Gasteiger partial charge < -0.3 is 30.7 Å². The van der Waals surface area contributed by atoms with Gasteiger partial charge >= 0.3 is 5.97 Å². The molecule has 0 aliphatic heterocycles. The van der Waals surface area contributed by atoms with Gasteiger partial charge in [-0.1, -0.05) is 48.0 Å². The number of benzene rings is 2. The molecule has 0 radical (unpaired) electrons. The lowest BCUT2D eigenvalue weighted by Gasteiger charge is -2.36. The minimum absolute atomic E-state index is 0.0741. The van der Waals surface area contributed by atoms with Gasteiger partial charge in [0.15, 0.2) is 0 Å². The molecule has 11 heteroatoms. The van der Waals surface area contributed by atoms with Crippen molar-refractivity contribution >= 4 is 35.3 Å². The van der Waals surface area contributed by atoms with E-state index in [-0.39, 0.29) is 31.4 Å². The van der Waals surface area contributed by atoms with Crippen LogP contribution in [0.25, 0.3) is 0 Å². The summed E-state index contributed by atoms with van der Waals surface area (Å²) < 4.78 is 5.89. The molecule has 0 heterocycles. The molecule has 0 bridgehead atoms. The first-order valence-corrected chi connectivity index (χ1v) is 15.7. The first kappa shape index (κ1) is 36.0. The Kier molecular flexibility index (Phi) is 12.6. The summed E-state index contributed by atoms with van der Waals surface area (Å²) in [6, 6.07) is 12.7. The lowest BCUT2D eigenvalue weighted by atomic mass is 9.84. The number of hydrogen-bond acceptors (Lipinski definition) is 6. The second-order valence-corrected chi connectivity index (χ2v) is 13.4. The first-order chi connectivity index (χ1) is 21.1. The van der Waals surface area contributed by atoms with E-state index in [0.29, 0.717) is 17.9 Å². The zero-order chi connectivity index (χ0) is 33.5. The number of carbonyl (C=O) groups is 4. The summed E-state index contributed by atoms with van der Waals surface area (Å²) in [6.07, 6.45) is 1.56. The Labute approximate surface area is 271 Å². The van der Waals surface area contributed by atoms with Crippen LogP contribution in [0.1, 0.15) is 63.1 Å². The van der Waals surface area contributed by atoms with Crippen LogP contribution in [0.5, 0.6) is 0 Å². The average molecular weight is 643 g/mol. The fraction of sp³-hybridized carbons (Fsp3) is 0.529. The molecule has 0 saturated heterocycles. The maximum absolute atomic E-state index is 14.0. The van der Waals surface area contributed by atoms with Crippen molar-refractivity contribution in [3.05, 3.63) is 70.2 Å². The lowest BCUT2D eigenvalue weighted by molar-refractivity contribution is -0.146. The van der Waals surface area contributed by atoms with E-state index >= 15 is 0 Å². The number of nitrogens with zero attached hydrogens (tertiary/aromatic N) is 2. The van der Waals surface area contributed by atoms with Crippen molar-refractivity contribution in [1.29, 1.82) is 0 Å². The number of aryl methyl sites for hydroxylation is 1. The maximum Gasteiger partial charge on any atom is 0.304 e. The lowest BCUT2D eigenvalue weighted by Crippen LogP contribution is -2.57. The number of halogens is 1. The summed E-state index contributed by atoms with van der Waals surface area (Å²) in [4.78, 5) is 55.5. The molecule has 246 valence electrons. The highest BCUT2D eigenvalue weighted by Gasteiger charge is 2.38. The van der Waals surface area contributed by atoms with Gasteiger partial charge in [0.1, 0.15) is 6.04 Å². The van der Waals surface area contributed by atoms with E-state index < -0.39 is 47.4 Å². The Balaban J connectivity index is 1.90. The number of amides is 3. The largest absolute Gasteiger partial charge is 0.481 e. The van der Waals surface area contributed by atoms with Crippen LogP contribution in [0.2, 0.25) is 5.02 Å². The average Bonchev–Trinajstić information content (AvgIpc) is 3.40. The summed E-state index contributed by atoms with van der Waals surface area (Å²) in [5.74, 6) is -3.20. The van der Waals surface area contributed by atoms with Gasteiger partial charge in [-0.25, -0.2) is 0 Å². The summed E-state index contributed by atoms with van der Waals surface area (Å²) in [6.45, 7) is 7.15. The SMILES string of the molecule is CC(N)C(=O)NC(COC(C)(C)C)C(=O)N(C)C(Cc1ccc(Cl)cc1)CN(C)C(=O)C(CC(=O)O)[C@H]1CCc2ccccc21. The van der Waals surface area contributed by atoms with Gasteiger partial charge in [-0.3, -0.25) is 19.2 Å². The van der Waals surface area contributed by atoms with Crippen molar-refractivity contribution in [1.82, 2.24) is 15.1 Å². The smallest absolute Gasteiger partial charge is 0.304 e. The van der Waals surface area contributed by atoms with Crippen molar-refractivity contribution in [3.8, 4) is 0 Å². The molecule has 0 fully saturated rings. The van der Waals surface area contributed by atoms with Crippen molar-refractivity contribution in [2.45, 2.75) is 83.0 Å². The minimum Gasteiger partial charge on any atom is -0.481 e. The Morgan fingerprint density at radius 2 is 1.71 bits per heavy atom. The van der Waals surface area contributed by atoms with E-state index in [9.17, 15) is 24.3 Å². The molecule has 1 aliphatic rings. The van der Waals surface area contributed by atoms with Gasteiger partial charge in [-0.2, -0.15) is 0 Å². The number of carbonyl (C=O) groups excluding carboxylic acids is 3. The predicted molar refractivity (Wildman–Crippen MR) is 174 cm³/mol. The van der Waals surface area contributed by atoms with Crippen LogP contribution in [-0.2, 0) is 36.8 Å². The van der Waals surface area contributed by atoms with Crippen LogP contribution in [0.4, 0.5) is 0 Å². The standard InChI is InChI=1S/C34H47ClN4O6/c1-21(36)31(42)37-29(20-45-34(2,3)4)33(44)39(6)25(17-22-11-14-24(35)15-12-22)19-38(5)32(43)28(18-30(40)41)27-16-13-23-9-7-8-10-26(23)27/h7-12,14-15,21,25,27-29H,13,16-20,36H2,1-6H3,(H,37,42)(H,40,41)/t21?,25?,27-,28?,29?/m0/s1. The highest BCUT2D eigenvalue weighted by atomic mass is 35.5. The summed E-state index contributed by atoms with van der Waals surface area (Å²) in [7, 11) is 3.27. The molecule has 1 aliphatic carbocycles. The first-order valence-electron chi connectivity index (χ1n) is 15.3. The minimum atomic E-state index is -1.04. The number of carboxylic acid groups (broad SMARTS) is 1. The molecule has 5 atom stereocenters. The fourth-order valence-corrected chi connectivity index (χ4v) is 5.87. The van der Waals surface area contributed by atoms with E-state index in [0.717, 1.165) is 23.1 Å². The number of aliphatic carboxylic acids is 1. The summed E-state index contributed by atoms with van der Waals surface area (Å²) in [5, 5.41) is 13.1. The van der Waals surface area contributed by atoms with Gasteiger partial charge in [0.2, 0.25) is 17.7 Å². The quantitative estimate of drug-likeness (QED) is 0.286. The Morgan fingerprint density at radius 1 is 1.07 bits per heavy atom. The number of ether oxygens (including phenoxy) is 1. The molecule has 4 unspecified atom stereocenters. The van der Waals surface area contributed by atoms with E-state index in [1.165, 1.54) is 16.7 Å². The monoisotopic (exact) mass is 642 g/mol. The number of nitrogens with two attached hydrogens (primary N) is 1. The molecule has 10 nitrogen and oxygen atoms in total. The van der Waals surface area contributed by atoms with Crippen LogP contribution in [-0.4, -0.2) is 89.6 Å². The van der Waals surface area contributed by atoms with E-state index in [1.807, 2.05) is 57.2 Å². The molecule has 2 aromatic rings. The van der Waals surface area contributed by atoms with E-state index in [1.54, 1.807) is 26.2 Å². The van der Waals surface area contributed by atoms with Crippen molar-refractivity contribution in [2.75, 3.05) is 27.2 Å². The number of hydrogen-bond donors (Lipinski definition) is 3. The highest BCUT2D eigenvalue weighted by molar-refractivity contribution is 6.30. The molecule has 3 amide bonds. The van der Waals surface area contributed by atoms with E-state index in [4.69, 9.17) is 22.1 Å². The van der Waals surface area contributed by atoms with Crippen LogP contribution < -0.4 is 11.1 Å². The number of likely N-dealkylation sites (N-methyl/N-ethyl adjacent to an activating group) is 2. The summed E-state index contributed by atoms with van der Waals surface area (Å²) in [5.41, 5.74) is 8.26. The normalized spacial score (nSPS) is 17.0. The third-order valence-corrected chi connectivity index (χ3v) is 8.48. The van der Waals surface area contributed by atoms with Crippen molar-refractivity contribution < 1.29 is 29.0 Å². The molecular formula is C34H47ClN4O6. The zero-order valence-electron chi connectivity index (χ0n) is 27.1. The second kappa shape index (κ2) is 15.7. The molecule has 45 heavy (non-hydrogen) atoms. The van der Waals surface area contributed by atoms with Crippen LogP contribution >= 0.6 is 11.6 Å². The summed E-state index contributed by atoms with van der Waals surface area (Å²) >= 11 is 6.12. The van der Waals surface area contributed by atoms with E-state index in [2.05, 4.69) is 5.32 Å². The van der Waals surface area contributed by atoms with Crippen LogP contribution in [0.15, 0.2) is 48.5 Å². The zero-order valence-corrected chi connectivity index (χ0v) is 27.8.